The van der Waals surface area contributed by atoms with E-state index in [0.717, 1.165) is 29.7 Å². The normalized spacial score (nSPS) is 14.7. The van der Waals surface area contributed by atoms with Gasteiger partial charge in [0.15, 0.2) is 0 Å². The molecule has 3 rings (SSSR count). The van der Waals surface area contributed by atoms with Crippen molar-refractivity contribution in [3.63, 3.8) is 0 Å². The van der Waals surface area contributed by atoms with Crippen molar-refractivity contribution in [2.75, 3.05) is 7.11 Å². The Labute approximate surface area is 127 Å². The van der Waals surface area contributed by atoms with E-state index in [9.17, 15) is 9.59 Å². The zero-order valence-corrected chi connectivity index (χ0v) is 12.1. The first-order valence-corrected chi connectivity index (χ1v) is 6.93. The molecule has 0 aliphatic heterocycles. The zero-order valence-electron chi connectivity index (χ0n) is 12.1. The quantitative estimate of drug-likeness (QED) is 0.493. The van der Waals surface area contributed by atoms with Gasteiger partial charge in [0.1, 0.15) is 7.11 Å². The number of aromatic nitrogens is 1. The van der Waals surface area contributed by atoms with Crippen molar-refractivity contribution in [1.29, 1.82) is 0 Å². The fraction of sp³-hybridized carbons (Fsp3) is 0.176. The highest BCUT2D eigenvalue weighted by atomic mass is 16.6. The first kappa shape index (κ1) is 14.1. The molecular formula is C17H14N2O3. The minimum atomic E-state index is -0.522. The standard InChI is InChI=1S/C17H14N2O3/c1-22-19-15-5-3-12-10-13(2-4-14(12)15)17(21)16(20)11-6-8-18-9-7-11/h2,4,6-10H,3,5H2,1H3/b19-15+. The molecule has 5 heteroatoms. The fourth-order valence-corrected chi connectivity index (χ4v) is 2.58. The Balaban J connectivity index is 1.89. The predicted octanol–water partition coefficient (Wildman–Crippen LogP) is 2.44. The van der Waals surface area contributed by atoms with Gasteiger partial charge in [-0.2, -0.15) is 0 Å². The number of aryl methyl sites for hydroxylation is 1. The minimum absolute atomic E-state index is 0.349. The number of nitrogens with zero attached hydrogens (tertiary/aromatic N) is 2. The van der Waals surface area contributed by atoms with E-state index in [1.165, 1.54) is 31.6 Å². The third kappa shape index (κ3) is 2.53. The summed E-state index contributed by atoms with van der Waals surface area (Å²) in [7, 11) is 1.51. The van der Waals surface area contributed by atoms with Gasteiger partial charge in [-0.25, -0.2) is 0 Å². The van der Waals surface area contributed by atoms with Crippen LogP contribution in [0.1, 0.15) is 38.3 Å². The highest BCUT2D eigenvalue weighted by Crippen LogP contribution is 2.24. The van der Waals surface area contributed by atoms with Gasteiger partial charge in [0, 0.05) is 29.1 Å². The van der Waals surface area contributed by atoms with Gasteiger partial charge in [0.2, 0.25) is 11.6 Å². The number of carbonyl (C=O) groups excluding carboxylic acids is 2. The molecule has 0 atom stereocenters. The van der Waals surface area contributed by atoms with Crippen molar-refractivity contribution in [3.05, 3.63) is 65.0 Å². The molecule has 0 amide bonds. The van der Waals surface area contributed by atoms with Gasteiger partial charge in [-0.05, 0) is 36.6 Å². The summed E-state index contributed by atoms with van der Waals surface area (Å²) in [5.41, 5.74) is 3.62. The summed E-state index contributed by atoms with van der Waals surface area (Å²) in [5.74, 6) is -1.03. The second-order valence-corrected chi connectivity index (χ2v) is 4.99. The number of fused-ring (bicyclic) bond motifs is 1. The molecule has 1 heterocycles. The van der Waals surface area contributed by atoms with Gasteiger partial charge >= 0.3 is 0 Å². The van der Waals surface area contributed by atoms with E-state index >= 15 is 0 Å². The number of pyridine rings is 1. The topological polar surface area (TPSA) is 68.6 Å². The summed E-state index contributed by atoms with van der Waals surface area (Å²) in [6, 6.07) is 8.34. The molecule has 1 aromatic carbocycles. The molecule has 0 bridgehead atoms. The van der Waals surface area contributed by atoms with Gasteiger partial charge in [-0.3, -0.25) is 14.6 Å². The maximum Gasteiger partial charge on any atom is 0.233 e. The zero-order chi connectivity index (χ0) is 15.5. The number of Topliss-reactive ketones (excluding diaryl/α,β-unsaturated/α-hetero) is 2. The molecule has 0 N–H and O–H groups in total. The van der Waals surface area contributed by atoms with Crippen LogP contribution in [-0.2, 0) is 11.3 Å². The minimum Gasteiger partial charge on any atom is -0.399 e. The lowest BCUT2D eigenvalue weighted by Crippen LogP contribution is -2.15. The molecule has 0 saturated carbocycles. The summed E-state index contributed by atoms with van der Waals surface area (Å²) in [4.78, 5) is 33.2. The van der Waals surface area contributed by atoms with Crippen molar-refractivity contribution in [2.24, 2.45) is 5.16 Å². The van der Waals surface area contributed by atoms with E-state index in [2.05, 4.69) is 10.1 Å². The van der Waals surface area contributed by atoms with Crippen molar-refractivity contribution in [3.8, 4) is 0 Å². The van der Waals surface area contributed by atoms with Crippen molar-refractivity contribution >= 4 is 17.3 Å². The summed E-state index contributed by atoms with van der Waals surface area (Å²) in [6.45, 7) is 0. The lowest BCUT2D eigenvalue weighted by Gasteiger charge is -2.04. The Morgan fingerprint density at radius 2 is 1.77 bits per heavy atom. The Morgan fingerprint density at radius 1 is 1.05 bits per heavy atom. The van der Waals surface area contributed by atoms with Crippen LogP contribution in [0.25, 0.3) is 0 Å². The van der Waals surface area contributed by atoms with Crippen molar-refractivity contribution in [2.45, 2.75) is 12.8 Å². The SMILES string of the molecule is CO/N=C1\CCc2cc(C(=O)C(=O)c3ccncc3)ccc21. The van der Waals surface area contributed by atoms with Crippen LogP contribution < -0.4 is 0 Å². The van der Waals surface area contributed by atoms with Crippen LogP contribution in [0.15, 0.2) is 47.9 Å². The monoisotopic (exact) mass is 294 g/mol. The molecule has 0 unspecified atom stereocenters. The maximum atomic E-state index is 12.3. The van der Waals surface area contributed by atoms with Crippen LogP contribution >= 0.6 is 0 Å². The first-order chi connectivity index (χ1) is 10.7. The van der Waals surface area contributed by atoms with Crippen LogP contribution in [0.3, 0.4) is 0 Å². The lowest BCUT2D eigenvalue weighted by atomic mass is 9.99. The highest BCUT2D eigenvalue weighted by Gasteiger charge is 2.23. The third-order valence-electron chi connectivity index (χ3n) is 3.66. The van der Waals surface area contributed by atoms with Gasteiger partial charge in [0.05, 0.1) is 5.71 Å². The molecule has 2 aromatic rings. The van der Waals surface area contributed by atoms with Crippen LogP contribution in [0.4, 0.5) is 0 Å². The van der Waals surface area contributed by atoms with Gasteiger partial charge < -0.3 is 4.84 Å². The van der Waals surface area contributed by atoms with Crippen molar-refractivity contribution < 1.29 is 14.4 Å². The van der Waals surface area contributed by atoms with E-state index in [4.69, 9.17) is 4.84 Å². The van der Waals surface area contributed by atoms with E-state index in [1.807, 2.05) is 6.07 Å². The third-order valence-corrected chi connectivity index (χ3v) is 3.66. The fourth-order valence-electron chi connectivity index (χ4n) is 2.58. The van der Waals surface area contributed by atoms with E-state index < -0.39 is 11.6 Å². The van der Waals surface area contributed by atoms with Gasteiger partial charge in [0.25, 0.3) is 0 Å². The molecule has 110 valence electrons. The molecular weight excluding hydrogens is 280 g/mol. The molecule has 22 heavy (non-hydrogen) atoms. The predicted molar refractivity (Wildman–Crippen MR) is 81.2 cm³/mol. The number of benzene rings is 1. The molecule has 0 spiro atoms. The number of oxime groups is 1. The van der Waals surface area contributed by atoms with E-state index in [-0.39, 0.29) is 0 Å². The maximum absolute atomic E-state index is 12.3. The summed E-state index contributed by atoms with van der Waals surface area (Å²) < 4.78 is 0. The Hall–Kier alpha value is -2.82. The lowest BCUT2D eigenvalue weighted by molar-refractivity contribution is 0.0817. The average molecular weight is 294 g/mol. The average Bonchev–Trinajstić information content (AvgIpc) is 2.97. The molecule has 1 aromatic heterocycles. The largest absolute Gasteiger partial charge is 0.399 e. The summed E-state index contributed by atoms with van der Waals surface area (Å²) in [5, 5.41) is 3.98. The van der Waals surface area contributed by atoms with Crippen LogP contribution in [0.5, 0.6) is 0 Å². The summed E-state index contributed by atoms with van der Waals surface area (Å²) in [6.07, 6.45) is 4.56. The molecule has 5 nitrogen and oxygen atoms in total. The number of ketones is 2. The van der Waals surface area contributed by atoms with Gasteiger partial charge in [-0.15, -0.1) is 0 Å². The summed E-state index contributed by atoms with van der Waals surface area (Å²) >= 11 is 0. The smallest absolute Gasteiger partial charge is 0.233 e. The Morgan fingerprint density at radius 3 is 2.50 bits per heavy atom. The second kappa shape index (κ2) is 5.89. The number of carbonyl (C=O) groups is 2. The molecule has 0 saturated heterocycles. The van der Waals surface area contributed by atoms with Gasteiger partial charge in [-0.1, -0.05) is 17.3 Å². The molecule has 0 radical (unpaired) electrons. The van der Waals surface area contributed by atoms with E-state index in [0.29, 0.717) is 11.1 Å². The molecule has 1 aliphatic carbocycles. The molecule has 1 aliphatic rings. The van der Waals surface area contributed by atoms with Crippen molar-refractivity contribution in [1.82, 2.24) is 4.98 Å². The molecule has 0 fully saturated rings. The highest BCUT2D eigenvalue weighted by molar-refractivity contribution is 6.49. The number of hydrogen-bond acceptors (Lipinski definition) is 5. The van der Waals surface area contributed by atoms with E-state index in [1.54, 1.807) is 12.1 Å². The Kier molecular flexibility index (Phi) is 3.78. The number of hydrogen-bond donors (Lipinski definition) is 0. The van der Waals surface area contributed by atoms with Crippen LogP contribution in [0, 0.1) is 0 Å². The number of rotatable bonds is 4. The van der Waals surface area contributed by atoms with Crippen LogP contribution in [-0.4, -0.2) is 29.4 Å². The Bertz CT molecular complexity index is 767. The van der Waals surface area contributed by atoms with Crippen LogP contribution in [0.2, 0.25) is 0 Å². The second-order valence-electron chi connectivity index (χ2n) is 4.99. The first-order valence-electron chi connectivity index (χ1n) is 6.93.